The van der Waals surface area contributed by atoms with E-state index in [-0.39, 0.29) is 17.9 Å². The van der Waals surface area contributed by atoms with Gasteiger partial charge in [0.2, 0.25) is 11.8 Å². The van der Waals surface area contributed by atoms with E-state index in [1.165, 1.54) is 0 Å². The number of H-pyrrole nitrogens is 1. The summed E-state index contributed by atoms with van der Waals surface area (Å²) in [6.07, 6.45) is 5.21. The zero-order valence-electron chi connectivity index (χ0n) is 18.2. The van der Waals surface area contributed by atoms with Crippen LogP contribution in [0.5, 0.6) is 5.88 Å². The van der Waals surface area contributed by atoms with E-state index in [4.69, 9.17) is 9.47 Å². The second kappa shape index (κ2) is 9.31. The maximum absolute atomic E-state index is 12.7. The number of rotatable bonds is 6. The molecule has 7 nitrogen and oxygen atoms in total. The Hall–Kier alpha value is -3.19. The quantitative estimate of drug-likeness (QED) is 0.615. The third-order valence-electron chi connectivity index (χ3n) is 5.26. The molecule has 0 saturated carbocycles. The van der Waals surface area contributed by atoms with Gasteiger partial charge in [0.1, 0.15) is 18.5 Å². The Labute approximate surface area is 182 Å². The van der Waals surface area contributed by atoms with Crippen LogP contribution in [0.4, 0.5) is 0 Å². The minimum atomic E-state index is -0.197. The predicted molar refractivity (Wildman–Crippen MR) is 120 cm³/mol. The van der Waals surface area contributed by atoms with Crippen molar-refractivity contribution in [3.8, 4) is 5.88 Å². The van der Waals surface area contributed by atoms with Crippen LogP contribution in [0.15, 0.2) is 42.6 Å². The zero-order chi connectivity index (χ0) is 21.8. The molecule has 1 aromatic carbocycles. The minimum Gasteiger partial charge on any atom is -0.475 e. The van der Waals surface area contributed by atoms with Crippen LogP contribution in [-0.2, 0) is 9.53 Å². The number of morpholine rings is 1. The van der Waals surface area contributed by atoms with Crippen molar-refractivity contribution in [2.45, 2.75) is 32.8 Å². The Kier molecular flexibility index (Phi) is 6.32. The highest BCUT2D eigenvalue weighted by atomic mass is 16.5. The highest BCUT2D eigenvalue weighted by molar-refractivity contribution is 5.96. The number of nitrogens with zero attached hydrogens (tertiary/aromatic N) is 3. The van der Waals surface area contributed by atoms with E-state index >= 15 is 0 Å². The fourth-order valence-electron chi connectivity index (χ4n) is 3.59. The van der Waals surface area contributed by atoms with Gasteiger partial charge in [-0.15, -0.1) is 0 Å². The van der Waals surface area contributed by atoms with Crippen molar-refractivity contribution >= 4 is 22.9 Å². The Morgan fingerprint density at radius 2 is 2.19 bits per heavy atom. The van der Waals surface area contributed by atoms with E-state index < -0.39 is 0 Å². The number of nitrogens with one attached hydrogen (secondary N) is 1. The monoisotopic (exact) mass is 420 g/mol. The normalized spacial score (nSPS) is 17.0. The maximum Gasteiger partial charge on any atom is 0.246 e. The van der Waals surface area contributed by atoms with E-state index in [2.05, 4.69) is 28.8 Å². The molecule has 3 heterocycles. The molecule has 4 rings (SSSR count). The molecule has 0 spiro atoms. The molecule has 0 bridgehead atoms. The number of hydrogen-bond donors (Lipinski definition) is 1. The molecule has 1 atom stereocenters. The Balaban J connectivity index is 1.35. The third kappa shape index (κ3) is 5.11. The first-order chi connectivity index (χ1) is 15.0. The molecule has 1 aliphatic rings. The topological polar surface area (TPSA) is 80.3 Å². The molecule has 1 amide bonds. The fraction of sp³-hybridized carbons (Fsp3) is 0.375. The Bertz CT molecular complexity index is 1090. The van der Waals surface area contributed by atoms with Crippen LogP contribution in [0.25, 0.3) is 17.0 Å². The van der Waals surface area contributed by atoms with Crippen LogP contribution in [0.3, 0.4) is 0 Å². The highest BCUT2D eigenvalue weighted by Crippen LogP contribution is 2.19. The number of amides is 1. The first-order valence-corrected chi connectivity index (χ1v) is 10.6. The number of aryl methyl sites for hydroxylation is 1. The van der Waals surface area contributed by atoms with Crippen molar-refractivity contribution in [3.05, 3.63) is 59.7 Å². The fourth-order valence-corrected chi connectivity index (χ4v) is 3.59. The summed E-state index contributed by atoms with van der Waals surface area (Å²) >= 11 is 0. The van der Waals surface area contributed by atoms with E-state index in [1.54, 1.807) is 11.0 Å². The number of hydrogen-bond acceptors (Lipinski definition) is 5. The number of fused-ring (bicyclic) bond motifs is 1. The first kappa shape index (κ1) is 21.1. The van der Waals surface area contributed by atoms with E-state index in [0.29, 0.717) is 32.2 Å². The number of aromatic amines is 1. The summed E-state index contributed by atoms with van der Waals surface area (Å²) in [6.45, 7) is 7.91. The lowest BCUT2D eigenvalue weighted by Crippen LogP contribution is -2.47. The van der Waals surface area contributed by atoms with Crippen molar-refractivity contribution in [3.63, 3.8) is 0 Å². The molecule has 3 aromatic rings. The summed E-state index contributed by atoms with van der Waals surface area (Å²) in [6, 6.07) is 9.86. The Morgan fingerprint density at radius 3 is 3.03 bits per heavy atom. The van der Waals surface area contributed by atoms with Crippen molar-refractivity contribution in [1.29, 1.82) is 0 Å². The number of aromatic nitrogens is 3. The molecule has 7 heteroatoms. The van der Waals surface area contributed by atoms with Crippen LogP contribution < -0.4 is 4.74 Å². The molecular formula is C24H28N4O3. The smallest absolute Gasteiger partial charge is 0.246 e. The zero-order valence-corrected chi connectivity index (χ0v) is 18.2. The Morgan fingerprint density at radius 1 is 1.35 bits per heavy atom. The average Bonchev–Trinajstić information content (AvgIpc) is 3.19. The van der Waals surface area contributed by atoms with Crippen molar-refractivity contribution in [2.24, 2.45) is 0 Å². The number of carbonyl (C=O) groups is 1. The molecule has 1 fully saturated rings. The lowest BCUT2D eigenvalue weighted by atomic mass is 10.1. The summed E-state index contributed by atoms with van der Waals surface area (Å²) in [4.78, 5) is 26.7. The molecule has 0 aliphatic carbocycles. The van der Waals surface area contributed by atoms with Gasteiger partial charge in [-0.1, -0.05) is 32.0 Å². The molecule has 31 heavy (non-hydrogen) atoms. The first-order valence-electron chi connectivity index (χ1n) is 10.6. The molecule has 1 saturated heterocycles. The van der Waals surface area contributed by atoms with Crippen LogP contribution >= 0.6 is 0 Å². The second-order valence-corrected chi connectivity index (χ2v) is 8.07. The second-order valence-electron chi connectivity index (χ2n) is 8.07. The van der Waals surface area contributed by atoms with Gasteiger partial charge in [-0.2, -0.15) is 4.98 Å². The largest absolute Gasteiger partial charge is 0.475 e. The molecular weight excluding hydrogens is 392 g/mol. The summed E-state index contributed by atoms with van der Waals surface area (Å²) in [7, 11) is 0. The van der Waals surface area contributed by atoms with E-state index in [9.17, 15) is 4.79 Å². The number of benzene rings is 1. The van der Waals surface area contributed by atoms with Crippen LogP contribution in [0.1, 0.15) is 36.8 Å². The van der Waals surface area contributed by atoms with Crippen LogP contribution in [0.2, 0.25) is 0 Å². The summed E-state index contributed by atoms with van der Waals surface area (Å²) in [5.41, 5.74) is 2.92. The molecule has 2 aromatic heterocycles. The third-order valence-corrected chi connectivity index (χ3v) is 5.26. The van der Waals surface area contributed by atoms with Gasteiger partial charge in [0.05, 0.1) is 13.2 Å². The maximum atomic E-state index is 12.7. The van der Waals surface area contributed by atoms with Crippen molar-refractivity contribution in [2.75, 3.05) is 26.3 Å². The van der Waals surface area contributed by atoms with Gasteiger partial charge >= 0.3 is 0 Å². The number of para-hydroxylation sites is 1. The molecule has 1 aliphatic heterocycles. The average molecular weight is 421 g/mol. The standard InChI is InChI=1S/C24H28N4O3/c1-16(2)24-26-17(3)12-22(27-24)31-15-19-14-28(10-11-30-19)23(29)9-8-18-13-25-21-7-5-4-6-20(18)21/h4-9,12-13,16,19,25H,10-11,14-15H2,1-3H3. The highest BCUT2D eigenvalue weighted by Gasteiger charge is 2.24. The van der Waals surface area contributed by atoms with Crippen molar-refractivity contribution < 1.29 is 14.3 Å². The molecule has 1 N–H and O–H groups in total. The minimum absolute atomic E-state index is 0.0291. The van der Waals surface area contributed by atoms with E-state index in [0.717, 1.165) is 28.0 Å². The summed E-state index contributed by atoms with van der Waals surface area (Å²) in [5.74, 6) is 1.50. The van der Waals surface area contributed by atoms with Gasteiger partial charge in [0, 0.05) is 47.4 Å². The lowest BCUT2D eigenvalue weighted by Gasteiger charge is -2.32. The van der Waals surface area contributed by atoms with Gasteiger partial charge in [-0.25, -0.2) is 4.98 Å². The van der Waals surface area contributed by atoms with Gasteiger partial charge < -0.3 is 19.4 Å². The summed E-state index contributed by atoms with van der Waals surface area (Å²) in [5, 5.41) is 1.10. The van der Waals surface area contributed by atoms with Crippen LogP contribution in [0, 0.1) is 6.92 Å². The molecule has 162 valence electrons. The number of carbonyl (C=O) groups excluding carboxylic acids is 1. The van der Waals surface area contributed by atoms with Crippen molar-refractivity contribution in [1.82, 2.24) is 19.9 Å². The lowest BCUT2D eigenvalue weighted by molar-refractivity contribution is -0.134. The van der Waals surface area contributed by atoms with E-state index in [1.807, 2.05) is 49.5 Å². The predicted octanol–water partition coefficient (Wildman–Crippen LogP) is 3.71. The number of ether oxygens (including phenoxy) is 2. The van der Waals surface area contributed by atoms with Crippen LogP contribution in [-0.4, -0.2) is 58.2 Å². The van der Waals surface area contributed by atoms with Gasteiger partial charge in [0.15, 0.2) is 0 Å². The summed E-state index contributed by atoms with van der Waals surface area (Å²) < 4.78 is 11.7. The SMILES string of the molecule is Cc1cc(OCC2CN(C(=O)C=Cc3c[nH]c4ccccc34)CCO2)nc(C(C)C)n1. The molecule has 0 radical (unpaired) electrons. The molecule has 1 unspecified atom stereocenters. The van der Waals surface area contributed by atoms with Gasteiger partial charge in [-0.05, 0) is 24.6 Å². The van der Waals surface area contributed by atoms with Gasteiger partial charge in [0.25, 0.3) is 0 Å². The van der Waals surface area contributed by atoms with Gasteiger partial charge in [-0.3, -0.25) is 4.79 Å².